The fourth-order valence-electron chi connectivity index (χ4n) is 2.17. The van der Waals surface area contributed by atoms with Gasteiger partial charge in [-0.2, -0.15) is 0 Å². The van der Waals surface area contributed by atoms with E-state index in [1.54, 1.807) is 0 Å². The molecule has 1 fully saturated rings. The molecule has 0 aliphatic carbocycles. The fraction of sp³-hybridized carbons (Fsp3) is 0.417. The van der Waals surface area contributed by atoms with Gasteiger partial charge in [-0.25, -0.2) is 4.98 Å². The average Bonchev–Trinajstić information content (AvgIpc) is 2.94. The Balaban J connectivity index is 2.03. The largest absolute Gasteiger partial charge is 0.439 e. The predicted octanol–water partition coefficient (Wildman–Crippen LogP) is 2.29. The van der Waals surface area contributed by atoms with Gasteiger partial charge in [-0.05, 0) is 35.1 Å². The molecule has 2 heterocycles. The van der Waals surface area contributed by atoms with Gasteiger partial charge in [-0.15, -0.1) is 0 Å². The highest BCUT2D eigenvalue weighted by molar-refractivity contribution is 9.10. The normalized spacial score (nSPS) is 24.6. The van der Waals surface area contributed by atoms with Crippen LogP contribution in [0.1, 0.15) is 11.8 Å². The van der Waals surface area contributed by atoms with Crippen LogP contribution >= 0.6 is 15.9 Å². The summed E-state index contributed by atoms with van der Waals surface area (Å²) < 4.78 is 12.2. The van der Waals surface area contributed by atoms with Crippen LogP contribution in [0.2, 0.25) is 0 Å². The van der Waals surface area contributed by atoms with Gasteiger partial charge in [0.1, 0.15) is 5.52 Å². The molecule has 2 atom stereocenters. The number of nitrogens with zero attached hydrogens (tertiary/aromatic N) is 1. The zero-order valence-corrected chi connectivity index (χ0v) is 11.0. The molecule has 2 unspecified atom stereocenters. The first-order valence-corrected chi connectivity index (χ1v) is 6.39. The van der Waals surface area contributed by atoms with Crippen molar-refractivity contribution in [3.8, 4) is 0 Å². The minimum Gasteiger partial charge on any atom is -0.439 e. The summed E-state index contributed by atoms with van der Waals surface area (Å²) in [5.74, 6) is 0.947. The second kappa shape index (κ2) is 4.40. The number of oxazole rings is 1. The van der Waals surface area contributed by atoms with Crippen molar-refractivity contribution in [1.82, 2.24) is 10.3 Å². The van der Waals surface area contributed by atoms with E-state index in [0.29, 0.717) is 13.2 Å². The van der Waals surface area contributed by atoms with Crippen molar-refractivity contribution in [2.45, 2.75) is 12.0 Å². The molecule has 3 rings (SSSR count). The lowest BCUT2D eigenvalue weighted by Crippen LogP contribution is -2.31. The lowest BCUT2D eigenvalue weighted by Gasteiger charge is -2.12. The third kappa shape index (κ3) is 1.88. The smallest absolute Gasteiger partial charge is 0.202 e. The van der Waals surface area contributed by atoms with Crippen molar-refractivity contribution in [2.24, 2.45) is 0 Å². The van der Waals surface area contributed by atoms with Crippen molar-refractivity contribution in [3.63, 3.8) is 0 Å². The van der Waals surface area contributed by atoms with E-state index in [4.69, 9.17) is 9.15 Å². The summed E-state index contributed by atoms with van der Waals surface area (Å²) in [7, 11) is 1.94. The monoisotopic (exact) mass is 296 g/mol. The number of halogens is 1. The molecule has 1 saturated heterocycles. The molecular formula is C12H13BrN2O2. The summed E-state index contributed by atoms with van der Waals surface area (Å²) >= 11 is 3.47. The highest BCUT2D eigenvalue weighted by Crippen LogP contribution is 2.31. The number of benzene rings is 1. The number of aromatic nitrogens is 1. The molecule has 1 N–H and O–H groups in total. The van der Waals surface area contributed by atoms with E-state index in [1.807, 2.05) is 25.2 Å². The molecule has 1 aliphatic rings. The highest BCUT2D eigenvalue weighted by atomic mass is 79.9. The number of hydrogen-bond acceptors (Lipinski definition) is 4. The molecule has 0 spiro atoms. The zero-order chi connectivity index (χ0) is 11.8. The summed E-state index contributed by atoms with van der Waals surface area (Å²) in [4.78, 5) is 4.54. The Kier molecular flexibility index (Phi) is 2.90. The topological polar surface area (TPSA) is 47.3 Å². The van der Waals surface area contributed by atoms with Crippen LogP contribution in [-0.2, 0) is 4.74 Å². The second-order valence-corrected chi connectivity index (χ2v) is 5.03. The maximum absolute atomic E-state index is 5.84. The molecule has 4 nitrogen and oxygen atoms in total. The van der Waals surface area contributed by atoms with E-state index < -0.39 is 0 Å². The summed E-state index contributed by atoms with van der Waals surface area (Å²) in [5.41, 5.74) is 1.69. The van der Waals surface area contributed by atoms with Crippen LogP contribution in [0.15, 0.2) is 27.1 Å². The maximum Gasteiger partial charge on any atom is 0.202 e. The Morgan fingerprint density at radius 2 is 2.29 bits per heavy atom. The Hall–Kier alpha value is -0.910. The first kappa shape index (κ1) is 11.2. The van der Waals surface area contributed by atoms with Gasteiger partial charge in [0.15, 0.2) is 5.58 Å². The lowest BCUT2D eigenvalue weighted by molar-refractivity contribution is 0.186. The van der Waals surface area contributed by atoms with Crippen molar-refractivity contribution in [3.05, 3.63) is 28.6 Å². The molecule has 90 valence electrons. The number of para-hydroxylation sites is 1. The molecule has 0 bridgehead atoms. The van der Waals surface area contributed by atoms with Gasteiger partial charge in [-0.3, -0.25) is 0 Å². The van der Waals surface area contributed by atoms with E-state index in [9.17, 15) is 0 Å². The number of nitrogens with one attached hydrogen (secondary N) is 1. The van der Waals surface area contributed by atoms with Gasteiger partial charge in [0, 0.05) is 6.04 Å². The minimum atomic E-state index is 0.194. The maximum atomic E-state index is 5.84. The Labute approximate surface area is 107 Å². The molecule has 2 aromatic rings. The van der Waals surface area contributed by atoms with Crippen molar-refractivity contribution in [1.29, 1.82) is 0 Å². The van der Waals surface area contributed by atoms with Crippen LogP contribution in [0.25, 0.3) is 11.1 Å². The molecule has 0 saturated carbocycles. The average molecular weight is 297 g/mol. The molecule has 1 aromatic heterocycles. The third-order valence-corrected chi connectivity index (χ3v) is 3.78. The first-order valence-electron chi connectivity index (χ1n) is 5.59. The molecule has 5 heteroatoms. The van der Waals surface area contributed by atoms with E-state index in [0.717, 1.165) is 21.5 Å². The van der Waals surface area contributed by atoms with Crippen LogP contribution in [0, 0.1) is 0 Å². The van der Waals surface area contributed by atoms with Gasteiger partial charge < -0.3 is 14.5 Å². The second-order valence-electron chi connectivity index (χ2n) is 4.18. The predicted molar refractivity (Wildman–Crippen MR) is 68.1 cm³/mol. The molecule has 1 aromatic carbocycles. The van der Waals surface area contributed by atoms with Gasteiger partial charge >= 0.3 is 0 Å². The Bertz CT molecular complexity index is 540. The first-order chi connectivity index (χ1) is 8.29. The standard InChI is InChI=1S/C12H13BrN2O2/c1-14-10-6-16-5-7(10)12-15-9-4-2-3-8(13)11(9)17-12/h2-4,7,10,14H,5-6H2,1H3. The van der Waals surface area contributed by atoms with Gasteiger partial charge in [0.25, 0.3) is 0 Å². The van der Waals surface area contributed by atoms with Crippen LogP contribution < -0.4 is 5.32 Å². The van der Waals surface area contributed by atoms with Crippen LogP contribution in [-0.4, -0.2) is 31.3 Å². The van der Waals surface area contributed by atoms with E-state index >= 15 is 0 Å². The van der Waals surface area contributed by atoms with E-state index in [2.05, 4.69) is 26.2 Å². The highest BCUT2D eigenvalue weighted by Gasteiger charge is 2.32. The SMILES string of the molecule is CNC1COCC1c1nc2cccc(Br)c2o1. The van der Waals surface area contributed by atoms with Crippen molar-refractivity contribution >= 4 is 27.0 Å². The minimum absolute atomic E-state index is 0.194. The Morgan fingerprint density at radius 3 is 3.06 bits per heavy atom. The van der Waals surface area contributed by atoms with Gasteiger partial charge in [0.2, 0.25) is 5.89 Å². The summed E-state index contributed by atoms with van der Waals surface area (Å²) in [5, 5.41) is 3.23. The van der Waals surface area contributed by atoms with Crippen LogP contribution in [0.5, 0.6) is 0 Å². The van der Waals surface area contributed by atoms with E-state index in [-0.39, 0.29) is 12.0 Å². The Morgan fingerprint density at radius 1 is 1.41 bits per heavy atom. The number of fused-ring (bicyclic) bond motifs is 1. The molecule has 0 amide bonds. The zero-order valence-electron chi connectivity index (χ0n) is 9.44. The van der Waals surface area contributed by atoms with Crippen molar-refractivity contribution in [2.75, 3.05) is 20.3 Å². The fourth-order valence-corrected chi connectivity index (χ4v) is 2.61. The van der Waals surface area contributed by atoms with Gasteiger partial charge in [0.05, 0.1) is 23.6 Å². The van der Waals surface area contributed by atoms with Crippen LogP contribution in [0.4, 0.5) is 0 Å². The summed E-state index contributed by atoms with van der Waals surface area (Å²) in [6.07, 6.45) is 0. The number of ether oxygens (including phenoxy) is 1. The molecular weight excluding hydrogens is 284 g/mol. The van der Waals surface area contributed by atoms with Crippen LogP contribution in [0.3, 0.4) is 0 Å². The molecule has 1 aliphatic heterocycles. The lowest BCUT2D eigenvalue weighted by atomic mass is 10.0. The number of likely N-dealkylation sites (N-methyl/N-ethyl adjacent to an activating group) is 1. The number of hydrogen-bond donors (Lipinski definition) is 1. The molecule has 17 heavy (non-hydrogen) atoms. The molecule has 0 radical (unpaired) electrons. The number of rotatable bonds is 2. The quantitative estimate of drug-likeness (QED) is 0.924. The summed E-state index contributed by atoms with van der Waals surface area (Å²) in [6.45, 7) is 1.37. The van der Waals surface area contributed by atoms with Crippen molar-refractivity contribution < 1.29 is 9.15 Å². The third-order valence-electron chi connectivity index (χ3n) is 3.15. The summed E-state index contributed by atoms with van der Waals surface area (Å²) in [6, 6.07) is 6.15. The van der Waals surface area contributed by atoms with Gasteiger partial charge in [-0.1, -0.05) is 6.07 Å². The van der Waals surface area contributed by atoms with E-state index in [1.165, 1.54) is 0 Å².